The molecule has 0 aliphatic rings. The molecule has 0 aromatic heterocycles. The van der Waals surface area contributed by atoms with E-state index in [0.717, 1.165) is 0 Å². The molecule has 0 aromatic rings. The van der Waals surface area contributed by atoms with Gasteiger partial charge in [0.05, 0.1) is 6.04 Å². The molecule has 0 radical (unpaired) electrons. The second-order valence-corrected chi connectivity index (χ2v) is 4.50. The smallest absolute Gasteiger partial charge is 0.322 e. The third kappa shape index (κ3) is 7.53. The number of hydrogen-bond acceptors (Lipinski definition) is 9. The highest BCUT2D eigenvalue weighted by atomic mass is 32.1. The third-order valence-electron chi connectivity index (χ3n) is 2.53. The minimum atomic E-state index is -1.27. The van der Waals surface area contributed by atoms with Crippen molar-refractivity contribution in [1.82, 2.24) is 10.0 Å². The molecule has 0 fully saturated rings. The summed E-state index contributed by atoms with van der Waals surface area (Å²) in [5.41, 5.74) is 16.1. The molecule has 0 saturated carbocycles. The first kappa shape index (κ1) is 19.0. The van der Waals surface area contributed by atoms with Crippen molar-refractivity contribution in [2.75, 3.05) is 6.54 Å². The Hall–Kier alpha value is -1.04. The Kier molecular flexibility index (Phi) is 9.29. The van der Waals surface area contributed by atoms with Gasteiger partial charge in [-0.25, -0.2) is 0 Å². The van der Waals surface area contributed by atoms with Gasteiger partial charge >= 0.3 is 5.97 Å². The molecule has 0 spiro atoms. The summed E-state index contributed by atoms with van der Waals surface area (Å²) >= 11 is 3.58. The Morgan fingerprint density at radius 2 is 1.80 bits per heavy atom. The highest BCUT2D eigenvalue weighted by Crippen LogP contribution is 2.02. The van der Waals surface area contributed by atoms with E-state index in [4.69, 9.17) is 22.3 Å². The molecule has 0 saturated heterocycles. The van der Waals surface area contributed by atoms with Gasteiger partial charge < -0.3 is 22.3 Å². The molecule has 9 nitrogen and oxygen atoms in total. The van der Waals surface area contributed by atoms with Gasteiger partial charge in [-0.3, -0.25) is 24.4 Å². The van der Waals surface area contributed by atoms with Crippen LogP contribution in [0.25, 0.3) is 0 Å². The van der Waals surface area contributed by atoms with Crippen molar-refractivity contribution in [3.63, 3.8) is 0 Å². The maximum Gasteiger partial charge on any atom is 0.322 e. The van der Waals surface area contributed by atoms with Gasteiger partial charge in [0.1, 0.15) is 12.3 Å². The first-order chi connectivity index (χ1) is 9.29. The zero-order valence-electron chi connectivity index (χ0n) is 10.9. The predicted molar refractivity (Wildman–Crippen MR) is 75.6 cm³/mol. The lowest BCUT2D eigenvalue weighted by Crippen LogP contribution is -2.46. The van der Waals surface area contributed by atoms with Crippen molar-refractivity contribution in [3.8, 4) is 0 Å². The minimum Gasteiger partial charge on any atom is -0.480 e. The Labute approximate surface area is 122 Å². The summed E-state index contributed by atoms with van der Waals surface area (Å²) in [6, 6.07) is -2.19. The molecule has 1 unspecified atom stereocenters. The summed E-state index contributed by atoms with van der Waals surface area (Å²) in [5, 5.41) is 11.5. The Morgan fingerprint density at radius 1 is 1.20 bits per heavy atom. The molecular formula is C10H21N5O4S. The number of ketones is 2. The van der Waals surface area contributed by atoms with E-state index >= 15 is 0 Å². The fraction of sp³-hybridized carbons (Fsp3) is 0.700. The normalized spacial score (nSPS) is 14.1. The summed E-state index contributed by atoms with van der Waals surface area (Å²) in [6.07, 6.45) is -0.354. The van der Waals surface area contributed by atoms with Crippen LogP contribution in [0.15, 0.2) is 0 Å². The number of aliphatic carboxylic acids is 1. The van der Waals surface area contributed by atoms with Gasteiger partial charge in [0.25, 0.3) is 0 Å². The highest BCUT2D eigenvalue weighted by Gasteiger charge is 2.27. The van der Waals surface area contributed by atoms with E-state index < -0.39 is 42.3 Å². The fourth-order valence-electron chi connectivity index (χ4n) is 1.40. The van der Waals surface area contributed by atoms with Gasteiger partial charge in [0.2, 0.25) is 11.6 Å². The van der Waals surface area contributed by atoms with Crippen molar-refractivity contribution in [1.29, 1.82) is 0 Å². The maximum atomic E-state index is 11.7. The predicted octanol–water partition coefficient (Wildman–Crippen LogP) is -2.70. The van der Waals surface area contributed by atoms with Crippen LogP contribution in [0.5, 0.6) is 0 Å². The van der Waals surface area contributed by atoms with Crippen molar-refractivity contribution in [3.05, 3.63) is 0 Å². The van der Waals surface area contributed by atoms with Crippen LogP contribution in [-0.4, -0.2) is 47.6 Å². The van der Waals surface area contributed by atoms with Gasteiger partial charge in [-0.05, 0) is 19.4 Å². The lowest BCUT2D eigenvalue weighted by atomic mass is 10.0. The molecule has 116 valence electrons. The first-order valence-electron chi connectivity index (χ1n) is 5.99. The quantitative estimate of drug-likeness (QED) is 0.0927. The number of carbonyl (C=O) groups is 3. The number of carboxylic acid groups (broad SMARTS) is 1. The summed E-state index contributed by atoms with van der Waals surface area (Å²) in [4.78, 5) is 33.9. The monoisotopic (exact) mass is 307 g/mol. The number of rotatable bonds is 11. The van der Waals surface area contributed by atoms with Crippen molar-refractivity contribution >= 4 is 30.4 Å². The summed E-state index contributed by atoms with van der Waals surface area (Å²) in [6.45, 7) is 0.461. The summed E-state index contributed by atoms with van der Waals surface area (Å²) < 4.78 is 2.13. The number of carboxylic acids is 1. The van der Waals surface area contributed by atoms with Gasteiger partial charge in [0, 0.05) is 6.42 Å². The summed E-state index contributed by atoms with van der Waals surface area (Å²) in [7, 11) is 0. The average Bonchev–Trinajstić information content (AvgIpc) is 2.38. The SMILES string of the molecule is NC(N)NCCC[C@H](N)C(=O)C(=O)CC(NS)C(=O)O. The van der Waals surface area contributed by atoms with E-state index in [1.807, 2.05) is 0 Å². The van der Waals surface area contributed by atoms with E-state index in [0.29, 0.717) is 13.0 Å². The van der Waals surface area contributed by atoms with Gasteiger partial charge in [-0.1, -0.05) is 12.8 Å². The van der Waals surface area contributed by atoms with Crippen molar-refractivity contribution < 1.29 is 19.5 Å². The number of thiol groups is 1. The van der Waals surface area contributed by atoms with E-state index in [1.54, 1.807) is 0 Å². The second-order valence-electron chi connectivity index (χ2n) is 4.24. The van der Waals surface area contributed by atoms with Crippen LogP contribution in [0.1, 0.15) is 19.3 Å². The molecule has 0 aromatic carbocycles. The van der Waals surface area contributed by atoms with Crippen LogP contribution in [0, 0.1) is 0 Å². The topological polar surface area (TPSA) is 174 Å². The number of carbonyl (C=O) groups excluding carboxylic acids is 2. The van der Waals surface area contributed by atoms with Crippen LogP contribution in [0.2, 0.25) is 0 Å². The Balaban J connectivity index is 4.16. The molecule has 20 heavy (non-hydrogen) atoms. The molecule has 0 heterocycles. The van der Waals surface area contributed by atoms with Crippen molar-refractivity contribution in [2.45, 2.75) is 37.6 Å². The lowest BCUT2D eigenvalue weighted by molar-refractivity contribution is -0.142. The van der Waals surface area contributed by atoms with Crippen LogP contribution < -0.4 is 27.2 Å². The van der Waals surface area contributed by atoms with E-state index in [9.17, 15) is 14.4 Å². The second kappa shape index (κ2) is 9.80. The van der Waals surface area contributed by atoms with Crippen LogP contribution in [0.4, 0.5) is 0 Å². The first-order valence-corrected chi connectivity index (χ1v) is 6.44. The Bertz CT molecular complexity index is 353. The molecule has 10 heteroatoms. The molecule has 0 aliphatic carbocycles. The lowest BCUT2D eigenvalue weighted by Gasteiger charge is -2.13. The molecule has 0 rings (SSSR count). The van der Waals surface area contributed by atoms with Crippen LogP contribution >= 0.6 is 12.8 Å². The van der Waals surface area contributed by atoms with Crippen LogP contribution in [-0.2, 0) is 14.4 Å². The zero-order chi connectivity index (χ0) is 15.7. The highest BCUT2D eigenvalue weighted by molar-refractivity contribution is 7.78. The largest absolute Gasteiger partial charge is 0.480 e. The fourth-order valence-corrected chi connectivity index (χ4v) is 1.60. The third-order valence-corrected chi connectivity index (χ3v) is 2.84. The van der Waals surface area contributed by atoms with E-state index in [1.165, 1.54) is 0 Å². The van der Waals surface area contributed by atoms with E-state index in [-0.39, 0.29) is 6.42 Å². The molecule has 0 amide bonds. The Morgan fingerprint density at radius 3 is 2.25 bits per heavy atom. The molecule has 2 atom stereocenters. The molecule has 0 aliphatic heterocycles. The zero-order valence-corrected chi connectivity index (χ0v) is 11.8. The van der Waals surface area contributed by atoms with Gasteiger partial charge in [0.15, 0.2) is 0 Å². The average molecular weight is 307 g/mol. The van der Waals surface area contributed by atoms with Crippen molar-refractivity contribution in [2.24, 2.45) is 17.2 Å². The molecule has 0 bridgehead atoms. The number of hydrogen-bond donors (Lipinski definition) is 7. The maximum absolute atomic E-state index is 11.7. The van der Waals surface area contributed by atoms with Crippen LogP contribution in [0.3, 0.4) is 0 Å². The molecular weight excluding hydrogens is 286 g/mol. The van der Waals surface area contributed by atoms with Gasteiger partial charge in [-0.15, -0.1) is 0 Å². The molecule has 9 N–H and O–H groups in total. The standard InChI is InChI=1S/C10H21N5O4S/c11-5(2-1-3-14-10(12)13)8(17)7(16)4-6(15-20)9(18)19/h5-6,10,14-15,20H,1-4,11-13H2,(H,18,19)/t5-,6?/m0/s1. The number of nitrogens with two attached hydrogens (primary N) is 3. The van der Waals surface area contributed by atoms with E-state index in [2.05, 4.69) is 22.9 Å². The summed E-state index contributed by atoms with van der Waals surface area (Å²) in [5.74, 6) is -2.90. The minimum absolute atomic E-state index is 0.274. The number of Topliss-reactive ketones (excluding diaryl/α,β-unsaturated/α-hetero) is 2. The van der Waals surface area contributed by atoms with Gasteiger partial charge in [-0.2, -0.15) is 0 Å². The number of nitrogens with one attached hydrogen (secondary N) is 2.